The zero-order chi connectivity index (χ0) is 62.8. The third-order valence-electron chi connectivity index (χ3n) is 18.3. The van der Waals surface area contributed by atoms with Crippen LogP contribution in [0.15, 0.2) is 48.6 Å². The molecule has 0 fully saturated rings. The van der Waals surface area contributed by atoms with Crippen LogP contribution in [0, 0.1) is 0 Å². The number of aliphatic hydroxyl groups is 2. The Hall–Kier alpha value is -2.18. The van der Waals surface area contributed by atoms with Crippen LogP contribution >= 0.6 is 0 Å². The predicted molar refractivity (Wildman–Crippen MR) is 384 cm³/mol. The highest BCUT2D eigenvalue weighted by Crippen LogP contribution is 2.19. The first-order valence-electron chi connectivity index (χ1n) is 39.4. The summed E-state index contributed by atoms with van der Waals surface area (Å²) in [5, 5.41) is 23.3. The maximum atomic E-state index is 12.5. The molecule has 0 aromatic rings. The highest BCUT2D eigenvalue weighted by molar-refractivity contribution is 5.76. The van der Waals surface area contributed by atoms with Gasteiger partial charge in [0, 0.05) is 12.8 Å². The average molecular weight is 1220 g/mol. The summed E-state index contributed by atoms with van der Waals surface area (Å²) < 4.78 is 5.48. The van der Waals surface area contributed by atoms with Crippen molar-refractivity contribution in [3.63, 3.8) is 0 Å². The Morgan fingerprint density at radius 3 is 0.908 bits per heavy atom. The lowest BCUT2D eigenvalue weighted by atomic mass is 10.0. The molecule has 512 valence electrons. The highest BCUT2D eigenvalue weighted by Gasteiger charge is 2.18. The van der Waals surface area contributed by atoms with Crippen molar-refractivity contribution in [2.45, 2.75) is 443 Å². The predicted octanol–water partition coefficient (Wildman–Crippen LogP) is 26.0. The summed E-state index contributed by atoms with van der Waals surface area (Å²) in [6.07, 6.45) is 101. The molecule has 0 aliphatic heterocycles. The molecule has 0 aliphatic rings. The second kappa shape index (κ2) is 76.3. The fourth-order valence-electron chi connectivity index (χ4n) is 12.3. The molecule has 1 amide bonds. The topological polar surface area (TPSA) is 95.9 Å². The summed E-state index contributed by atoms with van der Waals surface area (Å²) in [5.74, 6) is -0.0524. The fourth-order valence-corrected chi connectivity index (χ4v) is 12.3. The minimum atomic E-state index is -0.844. The molecule has 0 saturated carbocycles. The molecule has 2 unspecified atom stereocenters. The van der Waals surface area contributed by atoms with Gasteiger partial charge in [0.05, 0.1) is 25.4 Å². The monoisotopic (exact) mass is 1220 g/mol. The normalized spacial score (nSPS) is 12.7. The summed E-state index contributed by atoms with van der Waals surface area (Å²) in [6, 6.07) is -0.627. The molecule has 0 aliphatic carbocycles. The van der Waals surface area contributed by atoms with Crippen LogP contribution in [0.3, 0.4) is 0 Å². The lowest BCUT2D eigenvalue weighted by molar-refractivity contribution is -0.143. The van der Waals surface area contributed by atoms with Gasteiger partial charge in [0.1, 0.15) is 0 Å². The van der Waals surface area contributed by atoms with E-state index in [4.69, 9.17) is 4.74 Å². The van der Waals surface area contributed by atoms with Crippen LogP contribution in [0.2, 0.25) is 0 Å². The maximum absolute atomic E-state index is 12.5. The second-order valence-corrected chi connectivity index (χ2v) is 27.0. The molecule has 0 aromatic carbocycles. The lowest BCUT2D eigenvalue weighted by Crippen LogP contribution is -2.45. The van der Waals surface area contributed by atoms with E-state index in [0.29, 0.717) is 19.4 Å². The van der Waals surface area contributed by atoms with Crippen molar-refractivity contribution in [3.05, 3.63) is 48.6 Å². The average Bonchev–Trinajstić information content (AvgIpc) is 3.52. The smallest absolute Gasteiger partial charge is 0.305 e. The van der Waals surface area contributed by atoms with Gasteiger partial charge in [-0.25, -0.2) is 0 Å². The number of nitrogens with one attached hydrogen (secondary N) is 1. The van der Waals surface area contributed by atoms with Gasteiger partial charge >= 0.3 is 5.97 Å². The number of carbonyl (C=O) groups is 2. The summed E-state index contributed by atoms with van der Waals surface area (Å²) in [6.45, 7) is 4.92. The van der Waals surface area contributed by atoms with Gasteiger partial charge in [-0.05, 0) is 89.9 Å². The van der Waals surface area contributed by atoms with Gasteiger partial charge in [-0.15, -0.1) is 0 Å². The van der Waals surface area contributed by atoms with Crippen LogP contribution in [-0.2, 0) is 14.3 Å². The first-order chi connectivity index (χ1) is 43.0. The molecule has 0 bridgehead atoms. The third-order valence-corrected chi connectivity index (χ3v) is 18.3. The molecular formula is C81H153NO5. The van der Waals surface area contributed by atoms with Gasteiger partial charge < -0.3 is 20.3 Å². The van der Waals surface area contributed by atoms with Gasteiger partial charge in [0.25, 0.3) is 0 Å². The Labute approximate surface area is 544 Å². The molecule has 87 heavy (non-hydrogen) atoms. The minimum Gasteiger partial charge on any atom is -0.466 e. The van der Waals surface area contributed by atoms with Crippen LogP contribution in [0.25, 0.3) is 0 Å². The maximum Gasteiger partial charge on any atom is 0.305 e. The number of rotatable bonds is 74. The number of ether oxygens (including phenoxy) is 1. The zero-order valence-electron chi connectivity index (χ0n) is 58.8. The van der Waals surface area contributed by atoms with Gasteiger partial charge in [-0.2, -0.15) is 0 Å². The number of carbonyl (C=O) groups excluding carboxylic acids is 2. The minimum absolute atomic E-state index is 0.00870. The number of hydrogen-bond acceptors (Lipinski definition) is 5. The Morgan fingerprint density at radius 1 is 0.322 bits per heavy atom. The number of hydrogen-bond donors (Lipinski definition) is 3. The molecule has 0 spiro atoms. The molecule has 3 N–H and O–H groups in total. The van der Waals surface area contributed by atoms with E-state index in [0.717, 1.165) is 51.4 Å². The Balaban J connectivity index is 3.39. The van der Waals surface area contributed by atoms with E-state index in [1.54, 1.807) is 6.08 Å². The van der Waals surface area contributed by atoms with Crippen molar-refractivity contribution in [2.24, 2.45) is 0 Å². The van der Waals surface area contributed by atoms with Crippen LogP contribution in [-0.4, -0.2) is 47.4 Å². The summed E-state index contributed by atoms with van der Waals surface area (Å²) in [4.78, 5) is 24.6. The molecule has 2 atom stereocenters. The molecule has 6 nitrogen and oxygen atoms in total. The van der Waals surface area contributed by atoms with Crippen molar-refractivity contribution in [2.75, 3.05) is 13.2 Å². The molecule has 0 heterocycles. The van der Waals surface area contributed by atoms with Crippen LogP contribution < -0.4 is 5.32 Å². The van der Waals surface area contributed by atoms with Gasteiger partial charge in [0.2, 0.25) is 5.91 Å². The highest BCUT2D eigenvalue weighted by atomic mass is 16.5. The Morgan fingerprint density at radius 2 is 0.575 bits per heavy atom. The van der Waals surface area contributed by atoms with Gasteiger partial charge in [0.15, 0.2) is 0 Å². The van der Waals surface area contributed by atoms with E-state index < -0.39 is 12.1 Å². The zero-order valence-corrected chi connectivity index (χ0v) is 58.8. The summed E-state index contributed by atoms with van der Waals surface area (Å²) in [7, 11) is 0. The third kappa shape index (κ3) is 72.8. The second-order valence-electron chi connectivity index (χ2n) is 27.0. The van der Waals surface area contributed by atoms with Crippen LogP contribution in [0.5, 0.6) is 0 Å². The number of allylic oxidation sites excluding steroid dienone is 7. The van der Waals surface area contributed by atoms with E-state index in [1.807, 2.05) is 6.08 Å². The SMILES string of the molecule is CCCCC/C=C\CCCCCCCC(=O)OCCCCCCCCCCCCCCC/C=C\C/C=C\CCCCCCCCCCCCCCCCCCCC(=O)NC(CO)C(O)/C=C/CCCCCCCCCCCCCCCCCCCCC. The summed E-state index contributed by atoms with van der Waals surface area (Å²) >= 11 is 0. The quantitative estimate of drug-likeness (QED) is 0.0320. The van der Waals surface area contributed by atoms with Gasteiger partial charge in [-0.1, -0.05) is 377 Å². The van der Waals surface area contributed by atoms with Crippen molar-refractivity contribution in [1.29, 1.82) is 0 Å². The van der Waals surface area contributed by atoms with E-state index in [-0.39, 0.29) is 18.5 Å². The number of amides is 1. The lowest BCUT2D eigenvalue weighted by Gasteiger charge is -2.20. The molecule has 0 rings (SSSR count). The number of aliphatic hydroxyl groups excluding tert-OH is 2. The van der Waals surface area contributed by atoms with Crippen LogP contribution in [0.1, 0.15) is 431 Å². The number of esters is 1. The Bertz CT molecular complexity index is 1450. The molecular weight excluding hydrogens is 1070 g/mol. The van der Waals surface area contributed by atoms with Crippen molar-refractivity contribution in [1.82, 2.24) is 5.32 Å². The number of unbranched alkanes of at least 4 members (excludes halogenated alkanes) is 57. The van der Waals surface area contributed by atoms with E-state index in [9.17, 15) is 19.8 Å². The van der Waals surface area contributed by atoms with E-state index in [2.05, 4.69) is 55.6 Å². The van der Waals surface area contributed by atoms with E-state index in [1.165, 1.54) is 353 Å². The van der Waals surface area contributed by atoms with Crippen molar-refractivity contribution < 1.29 is 24.5 Å². The fraction of sp³-hybridized carbons (Fsp3) is 0.877. The van der Waals surface area contributed by atoms with E-state index >= 15 is 0 Å². The van der Waals surface area contributed by atoms with Gasteiger partial charge in [-0.3, -0.25) is 9.59 Å². The molecule has 0 saturated heterocycles. The largest absolute Gasteiger partial charge is 0.466 e. The standard InChI is InChI=1S/C81H153NO5/c1-3-5-7-9-11-13-15-17-18-19-20-38-41-44-47-50-53-57-61-65-69-73-79(84)78(77-83)82-80(85)74-70-66-62-58-54-51-48-45-42-39-36-34-32-30-28-26-24-22-21-23-25-27-29-31-33-35-37-40-43-46-49-52-56-60-64-68-72-76-87-81(86)75-71-67-63-59-55-16-14-12-10-8-6-4-2/h12,14,21,23,27,29,69,73,78-79,83-84H,3-11,13,15-20,22,24-26,28,30-68,70-72,74-77H2,1-2H3,(H,82,85)/b14-12-,23-21-,29-27-,73-69+. The van der Waals surface area contributed by atoms with Crippen molar-refractivity contribution >= 4 is 11.9 Å². The first-order valence-corrected chi connectivity index (χ1v) is 39.4. The van der Waals surface area contributed by atoms with Crippen molar-refractivity contribution in [3.8, 4) is 0 Å². The molecule has 0 radical (unpaired) electrons. The first kappa shape index (κ1) is 84.8. The Kier molecular flexibility index (Phi) is 74.4. The summed E-state index contributed by atoms with van der Waals surface area (Å²) in [5.41, 5.74) is 0. The van der Waals surface area contributed by atoms with Crippen LogP contribution in [0.4, 0.5) is 0 Å². The molecule has 0 aromatic heterocycles. The molecule has 6 heteroatoms.